The monoisotopic (exact) mass is 274 g/mol. The summed E-state index contributed by atoms with van der Waals surface area (Å²) in [5.74, 6) is 0. The lowest BCUT2D eigenvalue weighted by Gasteiger charge is -2.43. The summed E-state index contributed by atoms with van der Waals surface area (Å²) in [6, 6.07) is 4.73. The van der Waals surface area contributed by atoms with Crippen molar-refractivity contribution in [3.05, 3.63) is 29.6 Å². The Kier molecular flexibility index (Phi) is 4.37. The van der Waals surface area contributed by atoms with E-state index in [1.54, 1.807) is 0 Å². The van der Waals surface area contributed by atoms with E-state index in [-0.39, 0.29) is 5.60 Å². The zero-order valence-electron chi connectivity index (χ0n) is 12.5. The molecule has 1 aliphatic heterocycles. The van der Waals surface area contributed by atoms with Crippen LogP contribution in [-0.2, 0) is 11.3 Å². The fourth-order valence-corrected chi connectivity index (χ4v) is 3.69. The van der Waals surface area contributed by atoms with Gasteiger partial charge in [0.1, 0.15) is 0 Å². The molecular weight excluding hydrogens is 248 g/mol. The fourth-order valence-electron chi connectivity index (χ4n) is 3.69. The molecule has 2 fully saturated rings. The average Bonchev–Trinajstić information content (AvgIpc) is 2.47. The van der Waals surface area contributed by atoms with E-state index in [9.17, 15) is 0 Å². The summed E-state index contributed by atoms with van der Waals surface area (Å²) >= 11 is 0. The Morgan fingerprint density at radius 3 is 3.00 bits per heavy atom. The molecule has 3 rings (SSSR count). The summed E-state index contributed by atoms with van der Waals surface area (Å²) in [5, 5.41) is 3.71. The second kappa shape index (κ2) is 6.23. The van der Waals surface area contributed by atoms with Crippen LogP contribution in [0.25, 0.3) is 0 Å². The van der Waals surface area contributed by atoms with Gasteiger partial charge < -0.3 is 10.1 Å². The maximum Gasteiger partial charge on any atom is 0.0697 e. The minimum absolute atomic E-state index is 0.188. The third-order valence-electron chi connectivity index (χ3n) is 4.93. The number of aromatic nitrogens is 1. The summed E-state index contributed by atoms with van der Waals surface area (Å²) in [6.45, 7) is 3.93. The molecule has 1 N–H and O–H groups in total. The van der Waals surface area contributed by atoms with Gasteiger partial charge in [-0.15, -0.1) is 0 Å². The number of hydrogen-bond acceptors (Lipinski definition) is 3. The first-order valence-electron chi connectivity index (χ1n) is 8.05. The highest BCUT2D eigenvalue weighted by molar-refractivity contribution is 5.17. The predicted octanol–water partition coefficient (Wildman–Crippen LogP) is 3.36. The number of pyridine rings is 1. The third-order valence-corrected chi connectivity index (χ3v) is 4.93. The molecule has 0 amide bonds. The molecule has 20 heavy (non-hydrogen) atoms. The van der Waals surface area contributed by atoms with Gasteiger partial charge >= 0.3 is 0 Å². The Hall–Kier alpha value is -0.930. The summed E-state index contributed by atoms with van der Waals surface area (Å²) in [5.41, 5.74) is 2.64. The van der Waals surface area contributed by atoms with E-state index in [2.05, 4.69) is 23.3 Å². The highest BCUT2D eigenvalue weighted by Gasteiger charge is 2.38. The third kappa shape index (κ3) is 3.21. The van der Waals surface area contributed by atoms with Crippen LogP contribution in [0.3, 0.4) is 0 Å². The second-order valence-electron chi connectivity index (χ2n) is 6.43. The Bertz CT molecular complexity index is 435. The minimum Gasteiger partial charge on any atom is -0.375 e. The minimum atomic E-state index is 0.188. The van der Waals surface area contributed by atoms with E-state index in [4.69, 9.17) is 4.74 Å². The van der Waals surface area contributed by atoms with Gasteiger partial charge in [0, 0.05) is 25.4 Å². The molecule has 0 radical (unpaired) electrons. The van der Waals surface area contributed by atoms with Crippen molar-refractivity contribution in [3.63, 3.8) is 0 Å². The summed E-state index contributed by atoms with van der Waals surface area (Å²) in [7, 11) is 0. The van der Waals surface area contributed by atoms with Gasteiger partial charge in [-0.3, -0.25) is 4.98 Å². The molecule has 1 saturated heterocycles. The second-order valence-corrected chi connectivity index (χ2v) is 6.43. The van der Waals surface area contributed by atoms with E-state index in [0.29, 0.717) is 6.04 Å². The zero-order chi connectivity index (χ0) is 13.8. The first-order chi connectivity index (χ1) is 9.77. The Morgan fingerprint density at radius 1 is 1.35 bits per heavy atom. The van der Waals surface area contributed by atoms with E-state index in [1.807, 2.05) is 12.3 Å². The van der Waals surface area contributed by atoms with Gasteiger partial charge in [0.2, 0.25) is 0 Å². The standard InChI is InChI=1S/C17H26N2O/c1-14-6-5-10-18-16(14)13-19-15-7-11-20-17(12-15)8-3-2-4-9-17/h5-6,10,15,19H,2-4,7-9,11-13H2,1H3. The lowest BCUT2D eigenvalue weighted by Crippen LogP contribution is -2.47. The molecule has 0 bridgehead atoms. The van der Waals surface area contributed by atoms with Gasteiger partial charge in [0.25, 0.3) is 0 Å². The van der Waals surface area contributed by atoms with Crippen LogP contribution in [0.5, 0.6) is 0 Å². The number of rotatable bonds is 3. The van der Waals surface area contributed by atoms with Crippen LogP contribution in [0, 0.1) is 6.92 Å². The van der Waals surface area contributed by atoms with E-state index < -0.39 is 0 Å². The highest BCUT2D eigenvalue weighted by Crippen LogP contribution is 2.38. The molecule has 1 aliphatic carbocycles. The molecule has 1 spiro atoms. The van der Waals surface area contributed by atoms with Gasteiger partial charge in [-0.25, -0.2) is 0 Å². The number of hydrogen-bond donors (Lipinski definition) is 1. The molecule has 2 aliphatic rings. The van der Waals surface area contributed by atoms with Crippen LogP contribution < -0.4 is 5.32 Å². The first-order valence-corrected chi connectivity index (χ1v) is 8.05. The number of aryl methyl sites for hydroxylation is 1. The Morgan fingerprint density at radius 2 is 2.20 bits per heavy atom. The summed E-state index contributed by atoms with van der Waals surface area (Å²) < 4.78 is 6.16. The Labute approximate surface area is 122 Å². The van der Waals surface area contributed by atoms with Crippen LogP contribution in [0.15, 0.2) is 18.3 Å². The molecule has 2 heterocycles. The van der Waals surface area contributed by atoms with Crippen LogP contribution >= 0.6 is 0 Å². The van der Waals surface area contributed by atoms with Crippen molar-refractivity contribution in [2.75, 3.05) is 6.61 Å². The largest absolute Gasteiger partial charge is 0.375 e. The van der Waals surface area contributed by atoms with Gasteiger partial charge in [-0.1, -0.05) is 25.3 Å². The van der Waals surface area contributed by atoms with Crippen molar-refractivity contribution in [2.24, 2.45) is 0 Å². The van der Waals surface area contributed by atoms with Gasteiger partial charge in [0.05, 0.1) is 11.3 Å². The predicted molar refractivity (Wildman–Crippen MR) is 80.6 cm³/mol. The number of ether oxygens (including phenoxy) is 1. The quantitative estimate of drug-likeness (QED) is 0.917. The molecule has 1 aromatic rings. The maximum atomic E-state index is 6.16. The molecule has 1 unspecified atom stereocenters. The first kappa shape index (κ1) is 14.0. The summed E-state index contributed by atoms with van der Waals surface area (Å²) in [4.78, 5) is 4.47. The van der Waals surface area contributed by atoms with Crippen molar-refractivity contribution in [1.29, 1.82) is 0 Å². The number of nitrogens with zero attached hydrogens (tertiary/aromatic N) is 1. The molecule has 1 aromatic heterocycles. The maximum absolute atomic E-state index is 6.16. The lowest BCUT2D eigenvalue weighted by molar-refractivity contribution is -0.109. The molecule has 3 heteroatoms. The van der Waals surface area contributed by atoms with Crippen molar-refractivity contribution in [3.8, 4) is 0 Å². The fraction of sp³-hybridized carbons (Fsp3) is 0.706. The topological polar surface area (TPSA) is 34.2 Å². The smallest absolute Gasteiger partial charge is 0.0697 e. The van der Waals surface area contributed by atoms with E-state index in [1.165, 1.54) is 49.8 Å². The molecule has 1 saturated carbocycles. The zero-order valence-corrected chi connectivity index (χ0v) is 12.5. The molecule has 110 valence electrons. The molecular formula is C17H26N2O. The lowest BCUT2D eigenvalue weighted by atomic mass is 9.78. The van der Waals surface area contributed by atoms with Crippen LogP contribution in [0.2, 0.25) is 0 Å². The van der Waals surface area contributed by atoms with Crippen LogP contribution in [-0.4, -0.2) is 23.2 Å². The number of nitrogens with one attached hydrogen (secondary N) is 1. The van der Waals surface area contributed by atoms with Crippen LogP contribution in [0.1, 0.15) is 56.2 Å². The van der Waals surface area contributed by atoms with Crippen molar-refractivity contribution < 1.29 is 4.74 Å². The van der Waals surface area contributed by atoms with Crippen LogP contribution in [0.4, 0.5) is 0 Å². The Balaban J connectivity index is 1.56. The molecule has 1 atom stereocenters. The van der Waals surface area contributed by atoms with Crippen molar-refractivity contribution in [2.45, 2.75) is 70.1 Å². The summed E-state index contributed by atoms with van der Waals surface area (Å²) in [6.07, 6.45) is 10.8. The van der Waals surface area contributed by atoms with E-state index in [0.717, 1.165) is 19.6 Å². The average molecular weight is 274 g/mol. The normalized spacial score (nSPS) is 25.8. The molecule has 0 aromatic carbocycles. The van der Waals surface area contributed by atoms with Crippen molar-refractivity contribution >= 4 is 0 Å². The highest BCUT2D eigenvalue weighted by atomic mass is 16.5. The molecule has 3 nitrogen and oxygen atoms in total. The van der Waals surface area contributed by atoms with Crippen molar-refractivity contribution in [1.82, 2.24) is 10.3 Å². The van der Waals surface area contributed by atoms with Gasteiger partial charge in [-0.05, 0) is 44.2 Å². The SMILES string of the molecule is Cc1cccnc1CNC1CCOC2(CCCCC2)C1. The van der Waals surface area contributed by atoms with E-state index >= 15 is 0 Å². The van der Waals surface area contributed by atoms with Gasteiger partial charge in [0.15, 0.2) is 0 Å². The van der Waals surface area contributed by atoms with Gasteiger partial charge in [-0.2, -0.15) is 0 Å².